The van der Waals surface area contributed by atoms with E-state index in [1.165, 1.54) is 11.1 Å². The molecule has 2 aliphatic carbocycles. The molecule has 2 aromatic rings. The van der Waals surface area contributed by atoms with E-state index in [9.17, 15) is 38.4 Å². The first-order valence-electron chi connectivity index (χ1n) is 29.1. The van der Waals surface area contributed by atoms with Gasteiger partial charge in [0.25, 0.3) is 0 Å². The lowest BCUT2D eigenvalue weighted by Crippen LogP contribution is -2.59. The standard InChI is InChI=1S/C61H93N9O8/c1-38(62-9)54(73)67-52(60(3,4)5)58(77)69-36-40(34-49(69)56(75)65-47-30-21-25-41-23-17-19-28-45(41)47)33-44(71)27-15-13-11-12-14-16-32-51(72)64-43-35-50(57(76)66-48-31-22-26-42-24-18-20-29-46(42)48)70(37-43)59(78)53(61(6,7)8)68-55(74)39(2)63-10/h17-20,23-24,28-29,38-40,43,47-50,52-53,62-63H,11-16,21-22,25-27,30-37H2,1-10H3,(H,64,72)(H,65,75)(H,66,76)(H,67,73)(H,68,74)/t38-,39-,40-,43-,47+,48+,49-,50-,52+,53+/m0/s1. The van der Waals surface area contributed by atoms with Gasteiger partial charge in [0.2, 0.25) is 41.4 Å². The number of nitrogens with zero attached hydrogens (tertiary/aromatic N) is 2. The zero-order valence-electron chi connectivity index (χ0n) is 48.5. The summed E-state index contributed by atoms with van der Waals surface area (Å²) in [6.45, 7) is 15.2. The highest BCUT2D eigenvalue weighted by Gasteiger charge is 2.48. The first kappa shape index (κ1) is 61.5. The number of benzene rings is 2. The van der Waals surface area contributed by atoms with Crippen molar-refractivity contribution < 1.29 is 38.4 Å². The van der Waals surface area contributed by atoms with E-state index in [4.69, 9.17) is 0 Å². The van der Waals surface area contributed by atoms with Crippen LogP contribution in [0.4, 0.5) is 0 Å². The lowest BCUT2D eigenvalue weighted by molar-refractivity contribution is -0.144. The first-order chi connectivity index (χ1) is 37.0. The molecule has 2 heterocycles. The molecule has 6 rings (SSSR count). The minimum absolute atomic E-state index is 0.100. The maximum absolute atomic E-state index is 14.5. The fourth-order valence-electron chi connectivity index (χ4n) is 11.8. The van der Waals surface area contributed by atoms with Crippen LogP contribution in [0, 0.1) is 16.7 Å². The van der Waals surface area contributed by atoms with Crippen molar-refractivity contribution in [3.05, 3.63) is 70.8 Å². The Bertz CT molecular complexity index is 2270. The molecular weight excluding hydrogens is 987 g/mol. The Balaban J connectivity index is 0.978. The van der Waals surface area contributed by atoms with Crippen LogP contribution in [0.3, 0.4) is 0 Å². The Morgan fingerprint density at radius 2 is 1.00 bits per heavy atom. The maximum atomic E-state index is 14.5. The van der Waals surface area contributed by atoms with Crippen molar-refractivity contribution in [1.82, 2.24) is 47.0 Å². The number of nitrogens with one attached hydrogen (secondary N) is 7. The highest BCUT2D eigenvalue weighted by molar-refractivity contribution is 5.95. The first-order valence-corrected chi connectivity index (χ1v) is 29.1. The Labute approximate surface area is 464 Å². The van der Waals surface area contributed by atoms with Gasteiger partial charge >= 0.3 is 0 Å². The van der Waals surface area contributed by atoms with Gasteiger partial charge in [-0.3, -0.25) is 38.4 Å². The monoisotopic (exact) mass is 1080 g/mol. The summed E-state index contributed by atoms with van der Waals surface area (Å²) in [5.74, 6) is -2.07. The van der Waals surface area contributed by atoms with Crippen molar-refractivity contribution in [2.75, 3.05) is 27.2 Å². The molecule has 430 valence electrons. The number of likely N-dealkylation sites (tertiary alicyclic amines) is 2. The van der Waals surface area contributed by atoms with Crippen LogP contribution in [0.2, 0.25) is 0 Å². The smallest absolute Gasteiger partial charge is 0.246 e. The van der Waals surface area contributed by atoms with Crippen molar-refractivity contribution >= 4 is 47.1 Å². The number of Topliss-reactive ketones (excluding diaryl/α,β-unsaturated/α-hetero) is 1. The van der Waals surface area contributed by atoms with Gasteiger partial charge in [-0.15, -0.1) is 0 Å². The zero-order valence-corrected chi connectivity index (χ0v) is 48.5. The second-order valence-corrected chi connectivity index (χ2v) is 24.9. The molecule has 17 heteroatoms. The van der Waals surface area contributed by atoms with Crippen LogP contribution >= 0.6 is 0 Å². The van der Waals surface area contributed by atoms with Crippen LogP contribution in [0.5, 0.6) is 0 Å². The quantitative estimate of drug-likeness (QED) is 0.0604. The largest absolute Gasteiger partial charge is 0.351 e. The van der Waals surface area contributed by atoms with Crippen LogP contribution in [-0.4, -0.2) is 126 Å². The van der Waals surface area contributed by atoms with Gasteiger partial charge < -0.3 is 47.0 Å². The summed E-state index contributed by atoms with van der Waals surface area (Å²) in [5, 5.41) is 21.4. The SMILES string of the molecule is CN[C@@H](C)C(=O)N[C@H](C(=O)N1C[C@@H](CC(=O)CCCCCCCCC(=O)N[C@H]2C[C@@H](C(=O)N[C@@H]3CCCc4ccccc43)N(C(=O)[C@@H](NC(=O)[C@H](C)NC)C(C)(C)C)C2)C[C@H]1C(=O)N[C@@H]1CCCc2ccccc21)C(C)(C)C. The van der Waals surface area contributed by atoms with Gasteiger partial charge in [0.1, 0.15) is 30.0 Å². The van der Waals surface area contributed by atoms with E-state index in [1.807, 2.05) is 71.9 Å². The molecule has 0 unspecified atom stereocenters. The number of carbonyl (C=O) groups is 8. The fourth-order valence-corrected chi connectivity index (χ4v) is 11.8. The molecule has 10 atom stereocenters. The summed E-state index contributed by atoms with van der Waals surface area (Å²) < 4.78 is 0. The molecule has 0 bridgehead atoms. The molecule has 78 heavy (non-hydrogen) atoms. The average molecular weight is 1080 g/mol. The summed E-state index contributed by atoms with van der Waals surface area (Å²) >= 11 is 0. The number of aryl methyl sites for hydroxylation is 2. The number of likely N-dealkylation sites (N-methyl/N-ethyl adjacent to an activating group) is 2. The average Bonchev–Trinajstić information content (AvgIpc) is 4.10. The topological polar surface area (TPSA) is 227 Å². The van der Waals surface area contributed by atoms with Gasteiger partial charge in [-0.2, -0.15) is 0 Å². The van der Waals surface area contributed by atoms with Crippen LogP contribution < -0.4 is 37.2 Å². The van der Waals surface area contributed by atoms with E-state index in [0.29, 0.717) is 32.1 Å². The molecule has 0 saturated carbocycles. The van der Waals surface area contributed by atoms with Crippen LogP contribution in [0.1, 0.15) is 186 Å². The predicted molar refractivity (Wildman–Crippen MR) is 303 cm³/mol. The van der Waals surface area contributed by atoms with Gasteiger partial charge in [-0.25, -0.2) is 0 Å². The van der Waals surface area contributed by atoms with Gasteiger partial charge in [0.15, 0.2) is 0 Å². The summed E-state index contributed by atoms with van der Waals surface area (Å²) in [4.78, 5) is 114. The van der Waals surface area contributed by atoms with Crippen LogP contribution in [0.25, 0.3) is 0 Å². The number of unbranched alkanes of at least 4 members (excludes halogenated alkanes) is 5. The van der Waals surface area contributed by atoms with Crippen molar-refractivity contribution in [3.63, 3.8) is 0 Å². The van der Waals surface area contributed by atoms with E-state index >= 15 is 0 Å². The summed E-state index contributed by atoms with van der Waals surface area (Å²) in [6, 6.07) is 11.0. The van der Waals surface area contributed by atoms with Crippen molar-refractivity contribution in [3.8, 4) is 0 Å². The third kappa shape index (κ3) is 16.5. The Hall–Kier alpha value is -5.68. The second-order valence-electron chi connectivity index (χ2n) is 24.9. The van der Waals surface area contributed by atoms with E-state index in [-0.39, 0.29) is 91.1 Å². The fraction of sp³-hybridized carbons (Fsp3) is 0.672. The predicted octanol–water partition coefficient (Wildman–Crippen LogP) is 6.03. The molecule has 2 saturated heterocycles. The number of carbonyl (C=O) groups excluding carboxylic acids is 8. The number of amides is 7. The molecule has 2 aromatic carbocycles. The molecule has 0 radical (unpaired) electrons. The highest BCUT2D eigenvalue weighted by atomic mass is 16.2. The molecule has 2 aliphatic heterocycles. The molecule has 17 nitrogen and oxygen atoms in total. The normalized spacial score (nSPS) is 22.7. The lowest BCUT2D eigenvalue weighted by Gasteiger charge is -2.36. The van der Waals surface area contributed by atoms with E-state index in [0.717, 1.165) is 75.3 Å². The van der Waals surface area contributed by atoms with Crippen molar-refractivity contribution in [2.45, 2.75) is 219 Å². The zero-order chi connectivity index (χ0) is 56.9. The number of hydrogen-bond acceptors (Lipinski definition) is 10. The number of rotatable bonds is 24. The molecule has 7 amide bonds. The minimum atomic E-state index is -0.908. The van der Waals surface area contributed by atoms with Gasteiger partial charge in [-0.05, 0) is 131 Å². The molecule has 0 aromatic heterocycles. The maximum Gasteiger partial charge on any atom is 0.246 e. The second kappa shape index (κ2) is 28.0. The Morgan fingerprint density at radius 1 is 0.564 bits per heavy atom. The third-order valence-electron chi connectivity index (χ3n) is 16.7. The van der Waals surface area contributed by atoms with E-state index in [2.05, 4.69) is 55.4 Å². The number of hydrogen-bond donors (Lipinski definition) is 7. The summed E-state index contributed by atoms with van der Waals surface area (Å²) in [6.07, 6.45) is 11.8. The van der Waals surface area contributed by atoms with Crippen LogP contribution in [0.15, 0.2) is 48.5 Å². The van der Waals surface area contributed by atoms with Gasteiger partial charge in [0, 0.05) is 38.4 Å². The number of ketones is 1. The molecule has 2 fully saturated rings. The van der Waals surface area contributed by atoms with Crippen molar-refractivity contribution in [1.29, 1.82) is 0 Å². The number of fused-ring (bicyclic) bond motifs is 2. The third-order valence-corrected chi connectivity index (χ3v) is 16.7. The Morgan fingerprint density at radius 3 is 1.47 bits per heavy atom. The van der Waals surface area contributed by atoms with E-state index < -0.39 is 53.1 Å². The lowest BCUT2D eigenvalue weighted by atomic mass is 9.85. The van der Waals surface area contributed by atoms with Gasteiger partial charge in [-0.1, -0.05) is 116 Å². The minimum Gasteiger partial charge on any atom is -0.351 e. The molecular formula is C61H93N9O8. The summed E-state index contributed by atoms with van der Waals surface area (Å²) in [7, 11) is 3.36. The van der Waals surface area contributed by atoms with E-state index in [1.54, 1.807) is 37.7 Å². The van der Waals surface area contributed by atoms with Crippen molar-refractivity contribution in [2.24, 2.45) is 16.7 Å². The molecule has 4 aliphatic rings. The molecule has 7 N–H and O–H groups in total. The van der Waals surface area contributed by atoms with Gasteiger partial charge in [0.05, 0.1) is 24.2 Å². The van der Waals surface area contributed by atoms with Crippen LogP contribution in [-0.2, 0) is 51.2 Å². The molecule has 0 spiro atoms. The Kier molecular flexibility index (Phi) is 22.1. The summed E-state index contributed by atoms with van der Waals surface area (Å²) in [5.41, 5.74) is 3.29. The highest BCUT2D eigenvalue weighted by Crippen LogP contribution is 2.35.